The minimum atomic E-state index is -0.780. The molecule has 0 radical (unpaired) electrons. The lowest BCUT2D eigenvalue weighted by atomic mass is 10.2. The fraction of sp³-hybridized carbons (Fsp3) is 0.444. The summed E-state index contributed by atoms with van der Waals surface area (Å²) in [5, 5.41) is 12.4. The quantitative estimate of drug-likeness (QED) is 0.697. The van der Waals surface area contributed by atoms with Crippen LogP contribution < -0.4 is 0 Å². The van der Waals surface area contributed by atoms with Crippen molar-refractivity contribution in [3.8, 4) is 0 Å². The predicted octanol–water partition coefficient (Wildman–Crippen LogP) is 2.07. The molecular weight excluding hydrogens is 154 g/mol. The van der Waals surface area contributed by atoms with Crippen LogP contribution in [-0.2, 0) is 4.79 Å². The van der Waals surface area contributed by atoms with Crippen LogP contribution >= 0.6 is 0 Å². The second-order valence-corrected chi connectivity index (χ2v) is 2.74. The number of carboxylic acid groups (broad SMARTS) is 1. The van der Waals surface area contributed by atoms with Gasteiger partial charge in [0.2, 0.25) is 0 Å². The summed E-state index contributed by atoms with van der Waals surface area (Å²) in [4.78, 5) is 10.2. The molecule has 1 N–H and O–H groups in total. The first-order valence-corrected chi connectivity index (χ1v) is 3.93. The SMILES string of the molecule is C[N-]C1=CC(=CCC(=O)O)CC1. The zero-order chi connectivity index (χ0) is 8.97. The van der Waals surface area contributed by atoms with Crippen LogP contribution in [0.5, 0.6) is 0 Å². The standard InChI is InChI=1S/C9H12NO2/c1-10-8-4-2-7(6-8)3-5-9(11)12/h3,6H,2,4-5H2,1H3,(H,11,12)/q-1. The van der Waals surface area contributed by atoms with Gasteiger partial charge in [-0.2, -0.15) is 5.70 Å². The van der Waals surface area contributed by atoms with Gasteiger partial charge in [0.05, 0.1) is 6.42 Å². The summed E-state index contributed by atoms with van der Waals surface area (Å²) in [6.45, 7) is 0. The molecule has 0 bridgehead atoms. The minimum absolute atomic E-state index is 0.114. The van der Waals surface area contributed by atoms with Crippen LogP contribution in [0.4, 0.5) is 0 Å². The Hall–Kier alpha value is -1.25. The van der Waals surface area contributed by atoms with Gasteiger partial charge in [0.15, 0.2) is 0 Å². The third-order valence-corrected chi connectivity index (χ3v) is 1.85. The van der Waals surface area contributed by atoms with Crippen molar-refractivity contribution >= 4 is 5.97 Å². The van der Waals surface area contributed by atoms with E-state index in [1.807, 2.05) is 6.08 Å². The highest BCUT2D eigenvalue weighted by Gasteiger charge is 2.02. The van der Waals surface area contributed by atoms with Crippen molar-refractivity contribution in [3.05, 3.63) is 28.7 Å². The molecule has 0 unspecified atom stereocenters. The highest BCUT2D eigenvalue weighted by molar-refractivity contribution is 5.69. The Morgan fingerprint density at radius 3 is 3.00 bits per heavy atom. The van der Waals surface area contributed by atoms with Crippen LogP contribution in [0.15, 0.2) is 23.4 Å². The van der Waals surface area contributed by atoms with E-state index in [1.54, 1.807) is 13.1 Å². The lowest BCUT2D eigenvalue weighted by Gasteiger charge is -2.12. The predicted molar refractivity (Wildman–Crippen MR) is 46.9 cm³/mol. The van der Waals surface area contributed by atoms with E-state index >= 15 is 0 Å². The number of rotatable bonds is 3. The van der Waals surface area contributed by atoms with Gasteiger partial charge in [0.25, 0.3) is 0 Å². The van der Waals surface area contributed by atoms with Crippen molar-refractivity contribution in [3.63, 3.8) is 0 Å². The van der Waals surface area contributed by atoms with E-state index in [2.05, 4.69) is 5.32 Å². The number of nitrogens with zero attached hydrogens (tertiary/aromatic N) is 1. The van der Waals surface area contributed by atoms with Crippen molar-refractivity contribution in [2.75, 3.05) is 7.05 Å². The van der Waals surface area contributed by atoms with Gasteiger partial charge in [-0.3, -0.25) is 4.79 Å². The minimum Gasteiger partial charge on any atom is -0.690 e. The summed E-state index contributed by atoms with van der Waals surface area (Å²) < 4.78 is 0. The molecule has 0 saturated heterocycles. The van der Waals surface area contributed by atoms with Crippen LogP contribution in [0, 0.1) is 0 Å². The molecule has 66 valence electrons. The Bertz CT molecular complexity index is 241. The van der Waals surface area contributed by atoms with E-state index in [4.69, 9.17) is 5.11 Å². The number of carboxylic acids is 1. The summed E-state index contributed by atoms with van der Waals surface area (Å²) >= 11 is 0. The summed E-state index contributed by atoms with van der Waals surface area (Å²) in [6.07, 6.45) is 5.70. The average molecular weight is 166 g/mol. The second-order valence-electron chi connectivity index (χ2n) is 2.74. The van der Waals surface area contributed by atoms with Crippen molar-refractivity contribution in [2.45, 2.75) is 19.3 Å². The molecule has 0 heterocycles. The smallest absolute Gasteiger partial charge is 0.307 e. The molecule has 0 aromatic heterocycles. The van der Waals surface area contributed by atoms with E-state index in [9.17, 15) is 4.79 Å². The first kappa shape index (κ1) is 8.84. The van der Waals surface area contributed by atoms with E-state index in [0.717, 1.165) is 24.1 Å². The van der Waals surface area contributed by atoms with Gasteiger partial charge in [-0.1, -0.05) is 17.7 Å². The summed E-state index contributed by atoms with van der Waals surface area (Å²) in [6, 6.07) is 0. The molecule has 1 rings (SSSR count). The highest BCUT2D eigenvalue weighted by Crippen LogP contribution is 2.25. The Kier molecular flexibility index (Phi) is 2.91. The molecule has 0 fully saturated rings. The fourth-order valence-electron chi connectivity index (χ4n) is 1.19. The zero-order valence-corrected chi connectivity index (χ0v) is 7.08. The van der Waals surface area contributed by atoms with E-state index in [-0.39, 0.29) is 6.42 Å². The molecule has 0 aromatic rings. The average Bonchev–Trinajstić information content (AvgIpc) is 2.48. The van der Waals surface area contributed by atoms with E-state index < -0.39 is 5.97 Å². The molecule has 0 atom stereocenters. The maximum Gasteiger partial charge on any atom is 0.307 e. The monoisotopic (exact) mass is 166 g/mol. The second kappa shape index (κ2) is 3.95. The van der Waals surface area contributed by atoms with Gasteiger partial charge in [-0.15, -0.1) is 7.05 Å². The Labute approximate surface area is 71.8 Å². The third-order valence-electron chi connectivity index (χ3n) is 1.85. The highest BCUT2D eigenvalue weighted by atomic mass is 16.4. The maximum absolute atomic E-state index is 10.2. The number of hydrogen-bond donors (Lipinski definition) is 1. The van der Waals surface area contributed by atoms with Crippen LogP contribution in [0.25, 0.3) is 5.32 Å². The van der Waals surface area contributed by atoms with Crippen molar-refractivity contribution in [1.29, 1.82) is 0 Å². The third kappa shape index (κ3) is 2.42. The van der Waals surface area contributed by atoms with Crippen LogP contribution in [0.1, 0.15) is 19.3 Å². The molecule has 1 aliphatic carbocycles. The lowest BCUT2D eigenvalue weighted by Crippen LogP contribution is -1.90. The first-order chi connectivity index (χ1) is 5.72. The molecule has 3 nitrogen and oxygen atoms in total. The molecule has 0 aromatic carbocycles. The van der Waals surface area contributed by atoms with Gasteiger partial charge in [-0.25, -0.2) is 0 Å². The van der Waals surface area contributed by atoms with Gasteiger partial charge < -0.3 is 10.4 Å². The molecule has 1 aliphatic rings. The Balaban J connectivity index is 2.50. The van der Waals surface area contributed by atoms with Crippen LogP contribution in [0.2, 0.25) is 0 Å². The molecule has 12 heavy (non-hydrogen) atoms. The molecular formula is C9H12NO2-. The summed E-state index contributed by atoms with van der Waals surface area (Å²) in [5.41, 5.74) is 2.16. The van der Waals surface area contributed by atoms with Gasteiger partial charge >= 0.3 is 5.97 Å². The molecule has 0 saturated carbocycles. The summed E-state index contributed by atoms with van der Waals surface area (Å²) in [7, 11) is 1.76. The van der Waals surface area contributed by atoms with E-state index in [0.29, 0.717) is 0 Å². The van der Waals surface area contributed by atoms with Crippen molar-refractivity contribution < 1.29 is 9.90 Å². The van der Waals surface area contributed by atoms with Crippen molar-refractivity contribution in [2.24, 2.45) is 0 Å². The number of aliphatic carboxylic acids is 1. The Morgan fingerprint density at radius 2 is 2.50 bits per heavy atom. The van der Waals surface area contributed by atoms with Crippen LogP contribution in [0.3, 0.4) is 0 Å². The lowest BCUT2D eigenvalue weighted by molar-refractivity contribution is -0.136. The van der Waals surface area contributed by atoms with Gasteiger partial charge in [0.1, 0.15) is 0 Å². The number of hydrogen-bond acceptors (Lipinski definition) is 1. The van der Waals surface area contributed by atoms with Crippen LogP contribution in [-0.4, -0.2) is 18.1 Å². The first-order valence-electron chi connectivity index (χ1n) is 3.93. The number of carbonyl (C=O) groups is 1. The Morgan fingerprint density at radius 1 is 1.75 bits per heavy atom. The normalized spacial score (nSPS) is 19.4. The molecule has 0 aliphatic heterocycles. The molecule has 3 heteroatoms. The number of allylic oxidation sites excluding steroid dienone is 3. The maximum atomic E-state index is 10.2. The topological polar surface area (TPSA) is 51.4 Å². The van der Waals surface area contributed by atoms with Gasteiger partial charge in [-0.05, 0) is 12.8 Å². The molecule has 0 amide bonds. The zero-order valence-electron chi connectivity index (χ0n) is 7.08. The van der Waals surface area contributed by atoms with Crippen molar-refractivity contribution in [1.82, 2.24) is 0 Å². The van der Waals surface area contributed by atoms with E-state index in [1.165, 1.54) is 0 Å². The summed E-state index contributed by atoms with van der Waals surface area (Å²) in [5.74, 6) is -0.780. The largest absolute Gasteiger partial charge is 0.690 e. The fourth-order valence-corrected chi connectivity index (χ4v) is 1.19. The van der Waals surface area contributed by atoms with Gasteiger partial charge in [0, 0.05) is 0 Å². The molecule has 0 spiro atoms.